The topological polar surface area (TPSA) is 9.23 Å². The summed E-state index contributed by atoms with van der Waals surface area (Å²) in [7, 11) is 0. The van der Waals surface area contributed by atoms with Gasteiger partial charge in [0.15, 0.2) is 0 Å². The quantitative estimate of drug-likeness (QED) is 0.405. The van der Waals surface area contributed by atoms with E-state index in [1.807, 2.05) is 0 Å². The van der Waals surface area contributed by atoms with Crippen LogP contribution >= 0.6 is 0 Å². The summed E-state index contributed by atoms with van der Waals surface area (Å²) in [6.45, 7) is 5.38. The summed E-state index contributed by atoms with van der Waals surface area (Å²) >= 11 is 0. The van der Waals surface area contributed by atoms with Crippen molar-refractivity contribution in [2.75, 3.05) is 6.61 Å². The number of unbranched alkanes of at least 4 members (excludes halogenated alkanes) is 2. The molecule has 2 aliphatic rings. The van der Waals surface area contributed by atoms with Crippen molar-refractivity contribution in [1.29, 1.82) is 0 Å². The maximum Gasteiger partial charge on any atom is 0.119 e. The summed E-state index contributed by atoms with van der Waals surface area (Å²) in [6, 6.07) is 8.66. The molecule has 0 saturated heterocycles. The van der Waals surface area contributed by atoms with Crippen molar-refractivity contribution in [2.24, 2.45) is 17.8 Å². The van der Waals surface area contributed by atoms with Gasteiger partial charge in [-0.2, -0.15) is 0 Å². The molecule has 0 aliphatic heterocycles. The first kappa shape index (κ1) is 20.2. The zero-order chi connectivity index (χ0) is 18.9. The van der Waals surface area contributed by atoms with E-state index in [0.29, 0.717) is 0 Å². The highest BCUT2D eigenvalue weighted by Crippen LogP contribution is 2.39. The Morgan fingerprint density at radius 1 is 0.926 bits per heavy atom. The van der Waals surface area contributed by atoms with E-state index in [-0.39, 0.29) is 0 Å². The van der Waals surface area contributed by atoms with Gasteiger partial charge in [0, 0.05) is 0 Å². The Morgan fingerprint density at radius 2 is 1.70 bits per heavy atom. The zero-order valence-electron chi connectivity index (χ0n) is 17.5. The van der Waals surface area contributed by atoms with Crippen molar-refractivity contribution in [1.82, 2.24) is 0 Å². The highest BCUT2D eigenvalue weighted by Gasteiger charge is 2.26. The van der Waals surface area contributed by atoms with Crippen molar-refractivity contribution < 1.29 is 4.74 Å². The smallest absolute Gasteiger partial charge is 0.119 e. The minimum atomic E-state index is 0.762. The Hall–Kier alpha value is -1.50. The third kappa shape index (κ3) is 5.99. The number of rotatable bonds is 9. The van der Waals surface area contributed by atoms with Gasteiger partial charge >= 0.3 is 0 Å². The summed E-state index contributed by atoms with van der Waals surface area (Å²) in [5.74, 6) is 3.67. The van der Waals surface area contributed by atoms with E-state index >= 15 is 0 Å². The summed E-state index contributed by atoms with van der Waals surface area (Å²) in [6.07, 6.45) is 20.7. The van der Waals surface area contributed by atoms with Crippen LogP contribution in [0.1, 0.15) is 83.6 Å². The van der Waals surface area contributed by atoms with Crippen LogP contribution in [0.25, 0.3) is 5.57 Å². The molecule has 1 aromatic carbocycles. The van der Waals surface area contributed by atoms with Crippen LogP contribution in [-0.2, 0) is 0 Å². The van der Waals surface area contributed by atoms with Crippen LogP contribution < -0.4 is 4.74 Å². The lowest BCUT2D eigenvalue weighted by atomic mass is 9.72. The Bertz CT molecular complexity index is 602. The Labute approximate surface area is 166 Å². The van der Waals surface area contributed by atoms with Crippen molar-refractivity contribution in [3.8, 4) is 5.75 Å². The van der Waals surface area contributed by atoms with E-state index in [9.17, 15) is 0 Å². The normalized spacial score (nSPS) is 25.3. The first-order valence-corrected chi connectivity index (χ1v) is 11.4. The number of hydrogen-bond donors (Lipinski definition) is 0. The highest BCUT2D eigenvalue weighted by atomic mass is 16.5. The number of benzene rings is 1. The van der Waals surface area contributed by atoms with Crippen LogP contribution in [0, 0.1) is 17.8 Å². The van der Waals surface area contributed by atoms with Gasteiger partial charge in [-0.1, -0.05) is 82.7 Å². The van der Waals surface area contributed by atoms with Gasteiger partial charge in [-0.05, 0) is 66.7 Å². The van der Waals surface area contributed by atoms with E-state index < -0.39 is 0 Å². The van der Waals surface area contributed by atoms with E-state index in [1.54, 1.807) is 0 Å². The van der Waals surface area contributed by atoms with Crippen LogP contribution in [0.15, 0.2) is 42.5 Å². The molecule has 3 rings (SSSR count). The van der Waals surface area contributed by atoms with E-state index in [1.165, 1.54) is 68.9 Å². The summed E-state index contributed by atoms with van der Waals surface area (Å²) in [4.78, 5) is 0. The fourth-order valence-corrected chi connectivity index (χ4v) is 4.80. The Kier molecular flexibility index (Phi) is 8.05. The largest absolute Gasteiger partial charge is 0.494 e. The molecule has 1 fully saturated rings. The molecule has 148 valence electrons. The fraction of sp³-hybridized carbons (Fsp3) is 0.615. The first-order valence-electron chi connectivity index (χ1n) is 11.4. The summed E-state index contributed by atoms with van der Waals surface area (Å²) < 4.78 is 5.84. The fourth-order valence-electron chi connectivity index (χ4n) is 4.80. The lowest BCUT2D eigenvalue weighted by molar-refractivity contribution is 0.221. The number of allylic oxidation sites excluding steroid dienone is 4. The van der Waals surface area contributed by atoms with Crippen molar-refractivity contribution in [2.45, 2.75) is 78.1 Å². The van der Waals surface area contributed by atoms with Gasteiger partial charge in [0.2, 0.25) is 0 Å². The van der Waals surface area contributed by atoms with Gasteiger partial charge in [-0.25, -0.2) is 0 Å². The standard InChI is InChI=1S/C26H38O/c1-3-5-6-20-27-26-18-16-25(17-19-26)24-14-12-23(13-15-24)22-10-8-21(7-4-2)9-11-22/h12,14-19,21-23H,3-11,13,20H2,1-2H3/t21-,22-,23?. The molecule has 0 amide bonds. The molecule has 0 spiro atoms. The molecule has 1 heteroatoms. The number of hydrogen-bond acceptors (Lipinski definition) is 1. The monoisotopic (exact) mass is 366 g/mol. The molecule has 1 atom stereocenters. The van der Waals surface area contributed by atoms with Gasteiger partial charge in [0.1, 0.15) is 5.75 Å². The average Bonchev–Trinajstić information content (AvgIpc) is 2.73. The molecule has 0 radical (unpaired) electrons. The minimum Gasteiger partial charge on any atom is -0.494 e. The van der Waals surface area contributed by atoms with Crippen LogP contribution in [0.3, 0.4) is 0 Å². The molecule has 0 heterocycles. The van der Waals surface area contributed by atoms with Crippen LogP contribution in [0.4, 0.5) is 0 Å². The second-order valence-electron chi connectivity index (χ2n) is 8.57. The summed E-state index contributed by atoms with van der Waals surface area (Å²) in [5, 5.41) is 0. The SMILES string of the molecule is CCCCCOc1ccc(C2=CCC([C@H]3CC[C@H](CCC)CC3)C=C2)cc1. The molecule has 1 aromatic rings. The molecular weight excluding hydrogens is 328 g/mol. The second-order valence-corrected chi connectivity index (χ2v) is 8.57. The van der Waals surface area contributed by atoms with Crippen molar-refractivity contribution in [3.63, 3.8) is 0 Å². The molecule has 0 bridgehead atoms. The summed E-state index contributed by atoms with van der Waals surface area (Å²) in [5.41, 5.74) is 2.70. The van der Waals surface area contributed by atoms with E-state index in [0.717, 1.165) is 36.5 Å². The molecule has 1 unspecified atom stereocenters. The Morgan fingerprint density at radius 3 is 2.33 bits per heavy atom. The minimum absolute atomic E-state index is 0.762. The lowest BCUT2D eigenvalue weighted by Crippen LogP contribution is -2.21. The average molecular weight is 367 g/mol. The maximum absolute atomic E-state index is 5.84. The van der Waals surface area contributed by atoms with Gasteiger partial charge in [-0.15, -0.1) is 0 Å². The predicted molar refractivity (Wildman–Crippen MR) is 117 cm³/mol. The Balaban J connectivity index is 1.47. The first-order chi connectivity index (χ1) is 13.3. The van der Waals surface area contributed by atoms with Crippen molar-refractivity contribution in [3.05, 3.63) is 48.1 Å². The molecule has 2 aliphatic carbocycles. The van der Waals surface area contributed by atoms with Crippen LogP contribution in [0.2, 0.25) is 0 Å². The van der Waals surface area contributed by atoms with Crippen LogP contribution in [-0.4, -0.2) is 6.61 Å². The molecular formula is C26H38O. The molecule has 1 nitrogen and oxygen atoms in total. The van der Waals surface area contributed by atoms with Gasteiger partial charge in [0.25, 0.3) is 0 Å². The van der Waals surface area contributed by atoms with E-state index in [2.05, 4.69) is 56.3 Å². The highest BCUT2D eigenvalue weighted by molar-refractivity contribution is 5.75. The third-order valence-electron chi connectivity index (χ3n) is 6.53. The number of ether oxygens (including phenoxy) is 1. The van der Waals surface area contributed by atoms with Gasteiger partial charge in [0.05, 0.1) is 6.61 Å². The lowest BCUT2D eigenvalue weighted by Gasteiger charge is -2.33. The maximum atomic E-state index is 5.84. The second kappa shape index (κ2) is 10.7. The molecule has 0 N–H and O–H groups in total. The van der Waals surface area contributed by atoms with Gasteiger partial charge in [-0.3, -0.25) is 0 Å². The predicted octanol–water partition coefficient (Wildman–Crippen LogP) is 7.82. The molecule has 1 saturated carbocycles. The van der Waals surface area contributed by atoms with E-state index in [4.69, 9.17) is 4.74 Å². The van der Waals surface area contributed by atoms with Crippen molar-refractivity contribution >= 4 is 5.57 Å². The molecule has 0 aromatic heterocycles. The third-order valence-corrected chi connectivity index (χ3v) is 6.53. The van der Waals surface area contributed by atoms with Gasteiger partial charge < -0.3 is 4.74 Å². The van der Waals surface area contributed by atoms with Crippen LogP contribution in [0.5, 0.6) is 5.75 Å². The molecule has 27 heavy (non-hydrogen) atoms. The zero-order valence-corrected chi connectivity index (χ0v) is 17.5.